The van der Waals surface area contributed by atoms with Gasteiger partial charge in [0.2, 0.25) is 10.0 Å². The number of nitrogens with one attached hydrogen (secondary N) is 1. The van der Waals surface area contributed by atoms with Gasteiger partial charge in [0.25, 0.3) is 0 Å². The molecular weight excluding hydrogens is 386 g/mol. The zero-order valence-electron chi connectivity index (χ0n) is 14.5. The van der Waals surface area contributed by atoms with Crippen molar-refractivity contribution >= 4 is 26.0 Å². The first kappa shape index (κ1) is 19.2. The molecule has 0 radical (unpaired) electrons. The fraction of sp³-hybridized carbons (Fsp3) is 0.368. The van der Waals surface area contributed by atoms with Gasteiger partial charge in [-0.1, -0.05) is 73.1 Å². The zero-order chi connectivity index (χ0) is 18.0. The molecule has 1 unspecified atom stereocenters. The van der Waals surface area contributed by atoms with E-state index in [9.17, 15) is 8.42 Å². The van der Waals surface area contributed by atoms with Crippen LogP contribution in [0.2, 0.25) is 0 Å². The van der Waals surface area contributed by atoms with Crippen LogP contribution in [0.5, 0.6) is 0 Å². The predicted octanol–water partition coefficient (Wildman–Crippen LogP) is 4.93. The van der Waals surface area contributed by atoms with Crippen molar-refractivity contribution < 1.29 is 8.42 Å². The predicted molar refractivity (Wildman–Crippen MR) is 103 cm³/mol. The Hall–Kier alpha value is -1.17. The lowest BCUT2D eigenvalue weighted by Gasteiger charge is -2.20. The number of hydrogen-bond donors (Lipinski definition) is 1. The molecule has 0 aliphatic heterocycles. The van der Waals surface area contributed by atoms with Crippen LogP contribution < -0.4 is 4.72 Å². The van der Waals surface area contributed by atoms with Crippen LogP contribution in [0.4, 0.5) is 0 Å². The van der Waals surface area contributed by atoms with Crippen molar-refractivity contribution in [3.05, 3.63) is 69.7 Å². The summed E-state index contributed by atoms with van der Waals surface area (Å²) in [7, 11) is -3.40. The first-order chi connectivity index (χ1) is 11.1. The van der Waals surface area contributed by atoms with E-state index in [0.717, 1.165) is 15.6 Å². The lowest BCUT2D eigenvalue weighted by molar-refractivity contribution is 0.565. The van der Waals surface area contributed by atoms with Crippen LogP contribution >= 0.6 is 15.9 Å². The Morgan fingerprint density at radius 2 is 1.54 bits per heavy atom. The van der Waals surface area contributed by atoms with Crippen LogP contribution in [-0.2, 0) is 21.2 Å². The van der Waals surface area contributed by atoms with E-state index >= 15 is 0 Å². The molecule has 0 aromatic heterocycles. The molecule has 0 fully saturated rings. The summed E-state index contributed by atoms with van der Waals surface area (Å²) in [4.78, 5) is 0. The molecule has 0 bridgehead atoms. The molecule has 24 heavy (non-hydrogen) atoms. The molecule has 2 rings (SSSR count). The lowest BCUT2D eigenvalue weighted by Crippen LogP contribution is -2.28. The van der Waals surface area contributed by atoms with Crippen molar-refractivity contribution in [2.24, 2.45) is 0 Å². The highest BCUT2D eigenvalue weighted by Crippen LogP contribution is 2.24. The average molecular weight is 410 g/mol. The van der Waals surface area contributed by atoms with Gasteiger partial charge in [-0.25, -0.2) is 13.1 Å². The largest absolute Gasteiger partial charge is 0.216 e. The van der Waals surface area contributed by atoms with Gasteiger partial charge in [0, 0.05) is 10.5 Å². The van der Waals surface area contributed by atoms with Crippen LogP contribution in [0.1, 0.15) is 50.4 Å². The molecule has 0 saturated heterocycles. The summed E-state index contributed by atoms with van der Waals surface area (Å²) in [6.07, 6.45) is 0. The minimum Gasteiger partial charge on any atom is -0.212 e. The average Bonchev–Trinajstić information content (AvgIpc) is 2.48. The van der Waals surface area contributed by atoms with Crippen LogP contribution in [-0.4, -0.2) is 8.42 Å². The van der Waals surface area contributed by atoms with E-state index in [0.29, 0.717) is 0 Å². The molecule has 0 heterocycles. The van der Waals surface area contributed by atoms with Crippen molar-refractivity contribution in [2.45, 2.75) is 44.9 Å². The van der Waals surface area contributed by atoms with Gasteiger partial charge in [0.1, 0.15) is 0 Å². The Labute approximate surface area is 153 Å². The van der Waals surface area contributed by atoms with Crippen LogP contribution in [0.3, 0.4) is 0 Å². The molecule has 0 saturated carbocycles. The smallest absolute Gasteiger partial charge is 0.212 e. The van der Waals surface area contributed by atoms with E-state index in [1.54, 1.807) is 0 Å². The highest BCUT2D eigenvalue weighted by molar-refractivity contribution is 9.10. The first-order valence-electron chi connectivity index (χ1n) is 7.92. The summed E-state index contributed by atoms with van der Waals surface area (Å²) >= 11 is 3.35. The Balaban J connectivity index is 2.07. The van der Waals surface area contributed by atoms with Gasteiger partial charge in [-0.15, -0.1) is 0 Å². The Morgan fingerprint density at radius 1 is 1.00 bits per heavy atom. The number of hydrogen-bond acceptors (Lipinski definition) is 2. The van der Waals surface area contributed by atoms with Gasteiger partial charge in [-0.05, 0) is 41.2 Å². The quantitative estimate of drug-likeness (QED) is 0.760. The molecule has 2 aromatic rings. The number of rotatable bonds is 5. The Morgan fingerprint density at radius 3 is 2.04 bits per heavy atom. The highest BCUT2D eigenvalue weighted by Gasteiger charge is 2.18. The molecule has 130 valence electrons. The zero-order valence-corrected chi connectivity index (χ0v) is 16.9. The third-order valence-electron chi connectivity index (χ3n) is 3.90. The van der Waals surface area contributed by atoms with Gasteiger partial charge >= 0.3 is 0 Å². The summed E-state index contributed by atoms with van der Waals surface area (Å²) in [5.74, 6) is -0.0231. The maximum atomic E-state index is 12.4. The fourth-order valence-electron chi connectivity index (χ4n) is 2.45. The molecule has 2 aromatic carbocycles. The molecule has 0 aliphatic carbocycles. The third kappa shape index (κ3) is 5.43. The summed E-state index contributed by atoms with van der Waals surface area (Å²) in [5, 5.41) is 0. The van der Waals surface area contributed by atoms with Gasteiger partial charge in [0.15, 0.2) is 0 Å². The van der Waals surface area contributed by atoms with Gasteiger partial charge < -0.3 is 0 Å². The van der Waals surface area contributed by atoms with Crippen molar-refractivity contribution in [2.75, 3.05) is 0 Å². The van der Waals surface area contributed by atoms with Crippen molar-refractivity contribution in [3.63, 3.8) is 0 Å². The van der Waals surface area contributed by atoms with Crippen molar-refractivity contribution in [1.82, 2.24) is 4.72 Å². The second kappa shape index (κ2) is 7.38. The summed E-state index contributed by atoms with van der Waals surface area (Å²) in [6.45, 7) is 8.34. The van der Waals surface area contributed by atoms with Gasteiger partial charge in [-0.3, -0.25) is 0 Å². The molecular formula is C19H24BrNO2S. The number of benzene rings is 2. The van der Waals surface area contributed by atoms with E-state index in [4.69, 9.17) is 0 Å². The topological polar surface area (TPSA) is 46.2 Å². The van der Waals surface area contributed by atoms with Gasteiger partial charge in [-0.2, -0.15) is 0 Å². The van der Waals surface area contributed by atoms with Crippen LogP contribution in [0.15, 0.2) is 53.0 Å². The van der Waals surface area contributed by atoms with Crippen LogP contribution in [0.25, 0.3) is 0 Å². The maximum Gasteiger partial charge on any atom is 0.216 e. The third-order valence-corrected chi connectivity index (χ3v) is 5.86. The molecule has 1 atom stereocenters. The molecule has 0 amide bonds. The Kier molecular flexibility index (Phi) is 5.89. The minimum atomic E-state index is -3.40. The highest BCUT2D eigenvalue weighted by atomic mass is 79.9. The van der Waals surface area contributed by atoms with Crippen molar-refractivity contribution in [3.8, 4) is 0 Å². The number of halogens is 1. The van der Waals surface area contributed by atoms with Gasteiger partial charge in [0.05, 0.1) is 5.75 Å². The fourth-order valence-corrected chi connectivity index (χ4v) is 4.10. The Bertz CT molecular complexity index is 776. The van der Waals surface area contributed by atoms with E-state index < -0.39 is 10.0 Å². The molecule has 5 heteroatoms. The van der Waals surface area contributed by atoms with E-state index in [1.807, 2.05) is 43.3 Å². The van der Waals surface area contributed by atoms with E-state index in [2.05, 4.69) is 53.6 Å². The second-order valence-electron chi connectivity index (χ2n) is 7.10. The number of sulfonamides is 1. The van der Waals surface area contributed by atoms with E-state index in [-0.39, 0.29) is 17.2 Å². The summed E-state index contributed by atoms with van der Waals surface area (Å²) in [5.41, 5.74) is 3.04. The summed E-state index contributed by atoms with van der Waals surface area (Å²) < 4.78 is 28.4. The van der Waals surface area contributed by atoms with Crippen LogP contribution in [0, 0.1) is 0 Å². The molecule has 3 nitrogen and oxygen atoms in total. The molecule has 0 spiro atoms. The van der Waals surface area contributed by atoms with E-state index in [1.165, 1.54) is 5.56 Å². The SMILES string of the molecule is CC(NS(=O)(=O)Cc1ccc(Br)cc1)c1ccc(C(C)(C)C)cc1. The maximum absolute atomic E-state index is 12.4. The van der Waals surface area contributed by atoms with Crippen molar-refractivity contribution in [1.29, 1.82) is 0 Å². The molecule has 0 aliphatic rings. The normalized spacial score (nSPS) is 13.7. The molecule has 1 N–H and O–H groups in total. The monoisotopic (exact) mass is 409 g/mol. The lowest BCUT2D eigenvalue weighted by atomic mass is 9.86. The first-order valence-corrected chi connectivity index (χ1v) is 10.4. The second-order valence-corrected chi connectivity index (χ2v) is 9.77. The summed E-state index contributed by atoms with van der Waals surface area (Å²) in [6, 6.07) is 15.2. The minimum absolute atomic E-state index is 0.0231. The standard InChI is InChI=1S/C19H24BrNO2S/c1-14(16-7-9-17(10-8-16)19(2,3)4)21-24(22,23)13-15-5-11-18(20)12-6-15/h5-12,14,21H,13H2,1-4H3.